The van der Waals surface area contributed by atoms with Crippen molar-refractivity contribution in [2.75, 3.05) is 12.8 Å². The molecule has 3 amide bonds. The van der Waals surface area contributed by atoms with Crippen molar-refractivity contribution in [2.45, 2.75) is 18.9 Å². The van der Waals surface area contributed by atoms with Gasteiger partial charge in [0, 0.05) is 12.0 Å². The van der Waals surface area contributed by atoms with Crippen LogP contribution in [0.1, 0.15) is 23.2 Å². The summed E-state index contributed by atoms with van der Waals surface area (Å²) < 4.78 is 5.03. The van der Waals surface area contributed by atoms with Crippen molar-refractivity contribution in [3.8, 4) is 5.75 Å². The van der Waals surface area contributed by atoms with Crippen molar-refractivity contribution in [1.29, 1.82) is 0 Å². The number of nitrogens with one attached hydrogen (secondary N) is 2. The highest BCUT2D eigenvalue weighted by atomic mass is 16.5. The molecule has 1 atom stereocenters. The molecule has 20 heavy (non-hydrogen) atoms. The van der Waals surface area contributed by atoms with E-state index in [-0.39, 0.29) is 12.3 Å². The molecule has 0 spiro atoms. The molecule has 0 radical (unpaired) electrons. The molecule has 1 heterocycles. The number of carbonyl (C=O) groups is 3. The molecule has 0 aliphatic carbocycles. The second kappa shape index (κ2) is 5.60. The van der Waals surface area contributed by atoms with Gasteiger partial charge in [0.05, 0.1) is 12.8 Å². The summed E-state index contributed by atoms with van der Waals surface area (Å²) in [5.41, 5.74) is 6.42. The van der Waals surface area contributed by atoms with Gasteiger partial charge in [-0.05, 0) is 24.6 Å². The Morgan fingerprint density at radius 3 is 2.85 bits per heavy atom. The average molecular weight is 277 g/mol. The number of nitrogen functional groups attached to an aromatic ring is 1. The number of hydrogen-bond donors (Lipinski definition) is 3. The Labute approximate surface area is 115 Å². The number of rotatable bonds is 3. The van der Waals surface area contributed by atoms with E-state index in [0.717, 1.165) is 0 Å². The van der Waals surface area contributed by atoms with E-state index in [2.05, 4.69) is 10.6 Å². The van der Waals surface area contributed by atoms with Gasteiger partial charge in [0.15, 0.2) is 0 Å². The molecule has 1 aromatic rings. The van der Waals surface area contributed by atoms with Crippen molar-refractivity contribution in [1.82, 2.24) is 10.6 Å². The second-order valence-corrected chi connectivity index (χ2v) is 4.43. The lowest BCUT2D eigenvalue weighted by atomic mass is 10.1. The van der Waals surface area contributed by atoms with E-state index in [4.69, 9.17) is 10.5 Å². The monoisotopic (exact) mass is 277 g/mol. The third-order valence-electron chi connectivity index (χ3n) is 3.04. The predicted octanol–water partition coefficient (Wildman–Crippen LogP) is -0.188. The largest absolute Gasteiger partial charge is 0.495 e. The van der Waals surface area contributed by atoms with Crippen LogP contribution in [-0.4, -0.2) is 30.9 Å². The summed E-state index contributed by atoms with van der Waals surface area (Å²) in [6, 6.07) is 3.89. The minimum Gasteiger partial charge on any atom is -0.495 e. The van der Waals surface area contributed by atoms with Crippen LogP contribution in [-0.2, 0) is 9.59 Å². The van der Waals surface area contributed by atoms with Crippen LogP contribution in [0.2, 0.25) is 0 Å². The molecule has 1 fully saturated rings. The number of benzene rings is 1. The molecule has 0 aromatic heterocycles. The van der Waals surface area contributed by atoms with Gasteiger partial charge in [0.1, 0.15) is 11.8 Å². The zero-order valence-electron chi connectivity index (χ0n) is 10.9. The lowest BCUT2D eigenvalue weighted by Gasteiger charge is -2.21. The van der Waals surface area contributed by atoms with Crippen LogP contribution in [0, 0.1) is 0 Å². The fourth-order valence-corrected chi connectivity index (χ4v) is 1.93. The van der Waals surface area contributed by atoms with Gasteiger partial charge in [0.2, 0.25) is 11.8 Å². The Morgan fingerprint density at radius 2 is 2.20 bits per heavy atom. The normalized spacial score (nSPS) is 18.4. The van der Waals surface area contributed by atoms with Crippen molar-refractivity contribution in [3.63, 3.8) is 0 Å². The van der Waals surface area contributed by atoms with Gasteiger partial charge < -0.3 is 15.8 Å². The molecule has 0 bridgehead atoms. The molecule has 1 unspecified atom stereocenters. The summed E-state index contributed by atoms with van der Waals surface area (Å²) in [6.45, 7) is 0. The molecule has 4 N–H and O–H groups in total. The summed E-state index contributed by atoms with van der Waals surface area (Å²) >= 11 is 0. The van der Waals surface area contributed by atoms with E-state index in [0.29, 0.717) is 23.4 Å². The molecule has 1 aliphatic rings. The Hall–Kier alpha value is -2.57. The topological polar surface area (TPSA) is 111 Å². The third kappa shape index (κ3) is 2.87. The molecule has 106 valence electrons. The van der Waals surface area contributed by atoms with Gasteiger partial charge in [-0.25, -0.2) is 0 Å². The third-order valence-corrected chi connectivity index (χ3v) is 3.04. The van der Waals surface area contributed by atoms with Crippen LogP contribution in [0.3, 0.4) is 0 Å². The molecular formula is C13H15N3O4. The van der Waals surface area contributed by atoms with Gasteiger partial charge in [0.25, 0.3) is 5.91 Å². The zero-order chi connectivity index (χ0) is 14.7. The van der Waals surface area contributed by atoms with Gasteiger partial charge in [-0.2, -0.15) is 0 Å². The molecule has 1 aliphatic heterocycles. The molecule has 1 aromatic carbocycles. The highest BCUT2D eigenvalue weighted by Crippen LogP contribution is 2.22. The smallest absolute Gasteiger partial charge is 0.252 e. The minimum atomic E-state index is -0.705. The van der Waals surface area contributed by atoms with E-state index in [9.17, 15) is 14.4 Å². The highest BCUT2D eigenvalue weighted by Gasteiger charge is 2.28. The SMILES string of the molecule is COc1cc(C(=O)NC2CCC(=O)NC2=O)ccc1N. The number of anilines is 1. The van der Waals surface area contributed by atoms with E-state index >= 15 is 0 Å². The van der Waals surface area contributed by atoms with Crippen LogP contribution < -0.4 is 21.1 Å². The number of methoxy groups -OCH3 is 1. The summed E-state index contributed by atoms with van der Waals surface area (Å²) in [7, 11) is 1.45. The van der Waals surface area contributed by atoms with Gasteiger partial charge in [-0.15, -0.1) is 0 Å². The maximum absolute atomic E-state index is 12.0. The molecular weight excluding hydrogens is 262 g/mol. The number of nitrogens with two attached hydrogens (primary N) is 1. The first-order chi connectivity index (χ1) is 9.51. The van der Waals surface area contributed by atoms with Gasteiger partial charge in [-0.1, -0.05) is 0 Å². The Balaban J connectivity index is 2.08. The summed E-state index contributed by atoms with van der Waals surface area (Å²) in [5, 5.41) is 4.76. The van der Waals surface area contributed by atoms with E-state index in [1.165, 1.54) is 13.2 Å². The summed E-state index contributed by atoms with van der Waals surface area (Å²) in [4.78, 5) is 34.6. The minimum absolute atomic E-state index is 0.210. The first kappa shape index (κ1) is 13.9. The van der Waals surface area contributed by atoms with E-state index in [1.807, 2.05) is 0 Å². The van der Waals surface area contributed by atoms with Crippen molar-refractivity contribution >= 4 is 23.4 Å². The van der Waals surface area contributed by atoms with Crippen molar-refractivity contribution in [2.24, 2.45) is 0 Å². The van der Waals surface area contributed by atoms with Crippen LogP contribution in [0.5, 0.6) is 5.75 Å². The fourth-order valence-electron chi connectivity index (χ4n) is 1.93. The number of carbonyl (C=O) groups excluding carboxylic acids is 3. The number of hydrogen-bond acceptors (Lipinski definition) is 5. The van der Waals surface area contributed by atoms with Crippen LogP contribution in [0.25, 0.3) is 0 Å². The fraction of sp³-hybridized carbons (Fsp3) is 0.308. The Morgan fingerprint density at radius 1 is 1.45 bits per heavy atom. The van der Waals surface area contributed by atoms with Crippen LogP contribution >= 0.6 is 0 Å². The maximum atomic E-state index is 12.0. The first-order valence-electron chi connectivity index (χ1n) is 6.09. The predicted molar refractivity (Wildman–Crippen MR) is 71.0 cm³/mol. The average Bonchev–Trinajstić information content (AvgIpc) is 2.42. The number of piperidine rings is 1. The lowest BCUT2D eigenvalue weighted by Crippen LogP contribution is -2.52. The maximum Gasteiger partial charge on any atom is 0.252 e. The summed E-state index contributed by atoms with van der Waals surface area (Å²) in [6.07, 6.45) is 0.504. The molecule has 1 saturated heterocycles. The Kier molecular flexibility index (Phi) is 3.88. The quantitative estimate of drug-likeness (QED) is 0.524. The molecule has 7 heteroatoms. The van der Waals surface area contributed by atoms with Crippen molar-refractivity contribution in [3.05, 3.63) is 23.8 Å². The zero-order valence-corrected chi connectivity index (χ0v) is 10.9. The molecule has 0 saturated carbocycles. The van der Waals surface area contributed by atoms with Crippen LogP contribution in [0.15, 0.2) is 18.2 Å². The lowest BCUT2D eigenvalue weighted by molar-refractivity contribution is -0.134. The van der Waals surface area contributed by atoms with Crippen molar-refractivity contribution < 1.29 is 19.1 Å². The Bertz CT molecular complexity index is 571. The summed E-state index contributed by atoms with van der Waals surface area (Å²) in [5.74, 6) is -0.842. The second-order valence-electron chi connectivity index (χ2n) is 4.43. The highest BCUT2D eigenvalue weighted by molar-refractivity contribution is 6.04. The van der Waals surface area contributed by atoms with E-state index < -0.39 is 17.9 Å². The molecule has 7 nitrogen and oxygen atoms in total. The van der Waals surface area contributed by atoms with Gasteiger partial charge >= 0.3 is 0 Å². The standard InChI is InChI=1S/C13H15N3O4/c1-20-10-6-7(2-3-8(10)14)12(18)15-9-4-5-11(17)16-13(9)19/h2-3,6,9H,4-5,14H2,1H3,(H,15,18)(H,16,17,19). The number of ether oxygens (including phenoxy) is 1. The number of amides is 3. The van der Waals surface area contributed by atoms with Gasteiger partial charge in [-0.3, -0.25) is 19.7 Å². The molecule has 2 rings (SSSR count). The first-order valence-corrected chi connectivity index (χ1v) is 6.09. The van der Waals surface area contributed by atoms with Crippen LogP contribution in [0.4, 0.5) is 5.69 Å². The number of imide groups is 1. The van der Waals surface area contributed by atoms with E-state index in [1.54, 1.807) is 12.1 Å².